The molecule has 0 unspecified atom stereocenters. The van der Waals surface area contributed by atoms with Gasteiger partial charge in [0, 0.05) is 0 Å². The third kappa shape index (κ3) is 3.17. The van der Waals surface area contributed by atoms with E-state index in [4.69, 9.17) is 5.26 Å². The summed E-state index contributed by atoms with van der Waals surface area (Å²) >= 11 is 0. The monoisotopic (exact) mass is 238 g/mol. The Balaban J connectivity index is 0.00000144. The summed E-state index contributed by atoms with van der Waals surface area (Å²) in [7, 11) is 0. The van der Waals surface area contributed by atoms with Gasteiger partial charge in [-0.3, -0.25) is 4.89 Å². The van der Waals surface area contributed by atoms with Crippen molar-refractivity contribution in [2.45, 2.75) is 0 Å². The molecule has 0 amide bonds. The van der Waals surface area contributed by atoms with Crippen LogP contribution in [0.5, 0.6) is 0 Å². The van der Waals surface area contributed by atoms with Crippen LogP contribution in [0.2, 0.25) is 0 Å². The van der Waals surface area contributed by atoms with Gasteiger partial charge in [-0.25, -0.2) is 4.79 Å². The molecule has 0 aliphatic rings. The van der Waals surface area contributed by atoms with Crippen molar-refractivity contribution in [1.29, 1.82) is 0 Å². The van der Waals surface area contributed by atoms with E-state index < -0.39 is 5.97 Å². The molecule has 4 heteroatoms. The maximum absolute atomic E-state index is 11.3. The van der Waals surface area contributed by atoms with Crippen molar-refractivity contribution in [3.05, 3.63) is 60.2 Å². The third-order valence-electron chi connectivity index (χ3n) is 2.31. The molecule has 0 saturated carbocycles. The van der Waals surface area contributed by atoms with Crippen molar-refractivity contribution >= 4 is 35.5 Å². The quantitative estimate of drug-likeness (QED) is 0.496. The second-order valence-electron chi connectivity index (χ2n) is 3.29. The zero-order valence-electron chi connectivity index (χ0n) is 8.46. The molecule has 0 bridgehead atoms. The van der Waals surface area contributed by atoms with Crippen LogP contribution in [0.3, 0.4) is 0 Å². The average Bonchev–Trinajstić information content (AvgIpc) is 2.39. The zero-order valence-corrected chi connectivity index (χ0v) is 8.46. The van der Waals surface area contributed by atoms with Crippen LogP contribution < -0.4 is 0 Å². The fourth-order valence-electron chi connectivity index (χ4n) is 1.58. The Kier molecular flexibility index (Phi) is 5.38. The van der Waals surface area contributed by atoms with Crippen LogP contribution in [0.4, 0.5) is 0 Å². The summed E-state index contributed by atoms with van der Waals surface area (Å²) in [6.45, 7) is 0. The van der Waals surface area contributed by atoms with Crippen LogP contribution in [0.1, 0.15) is 10.4 Å². The molecule has 2 aromatic carbocycles. The molecule has 17 heavy (non-hydrogen) atoms. The topological polar surface area (TPSA) is 46.5 Å². The SMILES string of the molecule is O=C(OO)c1ccccc1-c1ccccc1.[NaH]. The van der Waals surface area contributed by atoms with E-state index >= 15 is 0 Å². The summed E-state index contributed by atoms with van der Waals surface area (Å²) in [6.07, 6.45) is 0. The number of carbonyl (C=O) groups excluding carboxylic acids is 1. The molecule has 2 aromatic rings. The number of rotatable bonds is 2. The van der Waals surface area contributed by atoms with Crippen LogP contribution in [0.15, 0.2) is 54.6 Å². The molecule has 0 spiro atoms. The Morgan fingerprint density at radius 3 is 2.18 bits per heavy atom. The molecule has 0 atom stereocenters. The van der Waals surface area contributed by atoms with Crippen molar-refractivity contribution in [3.8, 4) is 11.1 Å². The number of hydrogen-bond donors (Lipinski definition) is 1. The van der Waals surface area contributed by atoms with E-state index in [-0.39, 0.29) is 29.6 Å². The predicted molar refractivity (Wildman–Crippen MR) is 67.1 cm³/mol. The summed E-state index contributed by atoms with van der Waals surface area (Å²) in [5.74, 6) is -0.751. The first-order valence-corrected chi connectivity index (χ1v) is 4.83. The normalized spacial score (nSPS) is 9.24. The fourth-order valence-corrected chi connectivity index (χ4v) is 1.58. The Hall–Kier alpha value is -1.13. The summed E-state index contributed by atoms with van der Waals surface area (Å²) in [5, 5.41) is 8.41. The van der Waals surface area contributed by atoms with Crippen molar-refractivity contribution in [1.82, 2.24) is 0 Å². The summed E-state index contributed by atoms with van der Waals surface area (Å²) < 4.78 is 0. The van der Waals surface area contributed by atoms with Crippen LogP contribution in [-0.2, 0) is 4.89 Å². The summed E-state index contributed by atoms with van der Waals surface area (Å²) in [6, 6.07) is 16.4. The second-order valence-corrected chi connectivity index (χ2v) is 3.29. The summed E-state index contributed by atoms with van der Waals surface area (Å²) in [4.78, 5) is 15.1. The van der Waals surface area contributed by atoms with E-state index in [9.17, 15) is 4.79 Å². The fraction of sp³-hybridized carbons (Fsp3) is 0. The predicted octanol–water partition coefficient (Wildman–Crippen LogP) is 2.33. The van der Waals surface area contributed by atoms with Gasteiger partial charge in [0.25, 0.3) is 0 Å². The molecular formula is C13H11NaO3. The Labute approximate surface area is 121 Å². The number of hydrogen-bond acceptors (Lipinski definition) is 3. The van der Waals surface area contributed by atoms with Crippen LogP contribution >= 0.6 is 0 Å². The first kappa shape index (κ1) is 13.9. The van der Waals surface area contributed by atoms with Crippen LogP contribution in [0.25, 0.3) is 11.1 Å². The van der Waals surface area contributed by atoms with Gasteiger partial charge in [0.1, 0.15) is 0 Å². The Morgan fingerprint density at radius 2 is 1.53 bits per heavy atom. The summed E-state index contributed by atoms with van der Waals surface area (Å²) in [5.41, 5.74) is 1.99. The van der Waals surface area contributed by atoms with Crippen molar-refractivity contribution in [2.75, 3.05) is 0 Å². The van der Waals surface area contributed by atoms with E-state index in [0.717, 1.165) is 11.1 Å². The molecule has 0 aliphatic carbocycles. The van der Waals surface area contributed by atoms with E-state index in [1.807, 2.05) is 42.5 Å². The number of carbonyl (C=O) groups is 1. The molecule has 2 rings (SSSR count). The van der Waals surface area contributed by atoms with Crippen molar-refractivity contribution in [3.63, 3.8) is 0 Å². The van der Waals surface area contributed by atoms with Crippen LogP contribution in [-0.4, -0.2) is 40.8 Å². The minimum atomic E-state index is -0.751. The molecular weight excluding hydrogens is 227 g/mol. The van der Waals surface area contributed by atoms with Gasteiger partial charge >= 0.3 is 35.5 Å². The first-order chi connectivity index (χ1) is 7.83. The van der Waals surface area contributed by atoms with Gasteiger partial charge in [0.05, 0.1) is 5.56 Å². The molecule has 1 N–H and O–H groups in total. The van der Waals surface area contributed by atoms with Crippen molar-refractivity contribution in [2.24, 2.45) is 0 Å². The molecule has 0 heterocycles. The van der Waals surface area contributed by atoms with Crippen molar-refractivity contribution < 1.29 is 14.9 Å². The minimum absolute atomic E-state index is 0. The first-order valence-electron chi connectivity index (χ1n) is 4.83. The molecule has 0 fully saturated rings. The standard InChI is InChI=1S/C13H10O3.Na.H/c14-13(16-15)12-9-5-4-8-11(12)10-6-2-1-3-7-10;;/h1-9,15H;;. The zero-order chi connectivity index (χ0) is 11.4. The van der Waals surface area contributed by atoms with Gasteiger partial charge in [0.15, 0.2) is 0 Å². The molecule has 0 saturated heterocycles. The van der Waals surface area contributed by atoms with Gasteiger partial charge in [-0.2, -0.15) is 5.26 Å². The van der Waals surface area contributed by atoms with E-state index in [2.05, 4.69) is 4.89 Å². The van der Waals surface area contributed by atoms with E-state index in [0.29, 0.717) is 5.56 Å². The third-order valence-corrected chi connectivity index (χ3v) is 2.31. The maximum atomic E-state index is 11.3. The van der Waals surface area contributed by atoms with Gasteiger partial charge in [-0.05, 0) is 17.2 Å². The van der Waals surface area contributed by atoms with Gasteiger partial charge in [0.2, 0.25) is 0 Å². The van der Waals surface area contributed by atoms with Gasteiger partial charge in [-0.15, -0.1) is 0 Å². The molecule has 3 nitrogen and oxygen atoms in total. The van der Waals surface area contributed by atoms with Gasteiger partial charge < -0.3 is 0 Å². The van der Waals surface area contributed by atoms with E-state index in [1.54, 1.807) is 12.1 Å². The molecule has 82 valence electrons. The molecule has 0 aliphatic heterocycles. The Morgan fingerprint density at radius 1 is 0.941 bits per heavy atom. The van der Waals surface area contributed by atoms with Crippen LogP contribution in [0, 0.1) is 0 Å². The van der Waals surface area contributed by atoms with Gasteiger partial charge in [-0.1, -0.05) is 48.5 Å². The number of benzene rings is 2. The Bertz CT molecular complexity index is 497. The average molecular weight is 238 g/mol. The second kappa shape index (κ2) is 6.57. The molecule has 0 radical (unpaired) electrons. The molecule has 0 aromatic heterocycles. The van der Waals surface area contributed by atoms with E-state index in [1.165, 1.54) is 0 Å².